The number of aromatic nitrogens is 1. The molecular formula is C16H15ClN2O3S. The average Bonchev–Trinajstić information content (AvgIpc) is 3.06. The van der Waals surface area contributed by atoms with E-state index in [9.17, 15) is 13.2 Å². The van der Waals surface area contributed by atoms with E-state index in [0.717, 1.165) is 0 Å². The fourth-order valence-corrected chi connectivity index (χ4v) is 4.48. The van der Waals surface area contributed by atoms with E-state index < -0.39 is 15.1 Å². The normalized spacial score (nSPS) is 18.1. The number of hydrogen-bond donors (Lipinski definition) is 0. The highest BCUT2D eigenvalue weighted by Gasteiger charge is 2.36. The molecule has 3 rings (SSSR count). The Labute approximate surface area is 139 Å². The summed E-state index contributed by atoms with van der Waals surface area (Å²) in [4.78, 5) is 18.1. The third kappa shape index (κ3) is 3.23. The molecule has 1 atom stereocenters. The van der Waals surface area contributed by atoms with E-state index in [1.807, 2.05) is 0 Å². The summed E-state index contributed by atoms with van der Waals surface area (Å²) in [5.74, 6) is -0.166. The van der Waals surface area contributed by atoms with Crippen molar-refractivity contribution in [2.75, 3.05) is 13.1 Å². The van der Waals surface area contributed by atoms with E-state index in [2.05, 4.69) is 4.98 Å². The summed E-state index contributed by atoms with van der Waals surface area (Å²) in [7, 11) is -3.47. The van der Waals surface area contributed by atoms with Crippen LogP contribution in [0.3, 0.4) is 0 Å². The van der Waals surface area contributed by atoms with Crippen LogP contribution in [0.5, 0.6) is 0 Å². The van der Waals surface area contributed by atoms with Gasteiger partial charge in [-0.2, -0.15) is 0 Å². The molecule has 23 heavy (non-hydrogen) atoms. The Balaban J connectivity index is 1.77. The van der Waals surface area contributed by atoms with E-state index in [-0.39, 0.29) is 17.3 Å². The number of carbonyl (C=O) groups is 1. The van der Waals surface area contributed by atoms with Crippen molar-refractivity contribution in [2.45, 2.75) is 16.6 Å². The SMILES string of the molecule is O=C(c1ccncc1)N1CCC(S(=O)(=O)c2ccc(Cl)cc2)C1. The summed E-state index contributed by atoms with van der Waals surface area (Å²) in [6.07, 6.45) is 3.53. The number of nitrogens with zero attached hydrogens (tertiary/aromatic N) is 2. The predicted octanol–water partition coefficient (Wildman–Crippen LogP) is 2.42. The van der Waals surface area contributed by atoms with Gasteiger partial charge in [-0.25, -0.2) is 8.42 Å². The first-order chi connectivity index (χ1) is 11.0. The maximum Gasteiger partial charge on any atom is 0.254 e. The summed E-state index contributed by atoms with van der Waals surface area (Å²) in [5, 5.41) is -0.0978. The molecule has 0 saturated carbocycles. The van der Waals surface area contributed by atoms with Crippen LogP contribution in [0.2, 0.25) is 5.02 Å². The second-order valence-electron chi connectivity index (χ2n) is 5.40. The van der Waals surface area contributed by atoms with Gasteiger partial charge in [0.15, 0.2) is 9.84 Å². The molecule has 2 heterocycles. The van der Waals surface area contributed by atoms with Gasteiger partial charge in [0, 0.05) is 36.1 Å². The van der Waals surface area contributed by atoms with Crippen LogP contribution in [0.1, 0.15) is 16.8 Å². The van der Waals surface area contributed by atoms with Crippen molar-refractivity contribution in [3.63, 3.8) is 0 Å². The largest absolute Gasteiger partial charge is 0.337 e. The van der Waals surface area contributed by atoms with Gasteiger partial charge in [-0.3, -0.25) is 9.78 Å². The number of carbonyl (C=O) groups excluding carboxylic acids is 1. The molecule has 0 N–H and O–H groups in total. The molecule has 1 aromatic heterocycles. The number of benzene rings is 1. The molecule has 0 radical (unpaired) electrons. The van der Waals surface area contributed by atoms with Gasteiger partial charge in [-0.15, -0.1) is 0 Å². The van der Waals surface area contributed by atoms with E-state index in [4.69, 9.17) is 11.6 Å². The molecule has 1 fully saturated rings. The van der Waals surface area contributed by atoms with Crippen molar-refractivity contribution in [3.05, 3.63) is 59.4 Å². The Bertz CT molecular complexity index is 807. The molecule has 0 aliphatic carbocycles. The summed E-state index contributed by atoms with van der Waals surface area (Å²) in [6, 6.07) is 9.38. The first-order valence-corrected chi connectivity index (χ1v) is 9.09. The Kier molecular flexibility index (Phi) is 4.37. The molecular weight excluding hydrogens is 336 g/mol. The number of pyridine rings is 1. The fourth-order valence-electron chi connectivity index (χ4n) is 2.66. The maximum atomic E-state index is 12.7. The van der Waals surface area contributed by atoms with Gasteiger partial charge in [0.05, 0.1) is 10.1 Å². The van der Waals surface area contributed by atoms with Crippen LogP contribution in [0, 0.1) is 0 Å². The zero-order valence-corrected chi connectivity index (χ0v) is 13.8. The second kappa shape index (κ2) is 6.29. The lowest BCUT2D eigenvalue weighted by Gasteiger charge is -2.16. The van der Waals surface area contributed by atoms with Crippen LogP contribution in [-0.4, -0.2) is 42.5 Å². The number of likely N-dealkylation sites (tertiary alicyclic amines) is 1. The van der Waals surface area contributed by atoms with Crippen LogP contribution >= 0.6 is 11.6 Å². The average molecular weight is 351 g/mol. The molecule has 1 aliphatic rings. The standard InChI is InChI=1S/C16H15ClN2O3S/c17-13-1-3-14(4-2-13)23(21,22)15-7-10-19(11-15)16(20)12-5-8-18-9-6-12/h1-6,8-9,15H,7,10-11H2. The van der Waals surface area contributed by atoms with Gasteiger partial charge in [0.25, 0.3) is 5.91 Å². The lowest BCUT2D eigenvalue weighted by atomic mass is 10.2. The zero-order valence-electron chi connectivity index (χ0n) is 12.2. The third-order valence-corrected chi connectivity index (χ3v) is 6.38. The Morgan fingerprint density at radius 1 is 1.13 bits per heavy atom. The van der Waals surface area contributed by atoms with Gasteiger partial charge < -0.3 is 4.90 Å². The van der Waals surface area contributed by atoms with Gasteiger partial charge in [-0.05, 0) is 42.8 Å². The minimum atomic E-state index is -3.47. The van der Waals surface area contributed by atoms with Crippen molar-refractivity contribution in [1.82, 2.24) is 9.88 Å². The Hall–Kier alpha value is -1.92. The van der Waals surface area contributed by atoms with Gasteiger partial charge in [-0.1, -0.05) is 11.6 Å². The number of halogens is 1. The molecule has 1 aromatic carbocycles. The summed E-state index contributed by atoms with van der Waals surface area (Å²) < 4.78 is 25.3. The molecule has 1 saturated heterocycles. The highest BCUT2D eigenvalue weighted by Crippen LogP contribution is 2.25. The first kappa shape index (κ1) is 16.0. The van der Waals surface area contributed by atoms with Crippen molar-refractivity contribution in [2.24, 2.45) is 0 Å². The van der Waals surface area contributed by atoms with Crippen LogP contribution in [0.15, 0.2) is 53.7 Å². The van der Waals surface area contributed by atoms with Crippen molar-refractivity contribution >= 4 is 27.3 Å². The van der Waals surface area contributed by atoms with Crippen molar-refractivity contribution in [1.29, 1.82) is 0 Å². The molecule has 1 amide bonds. The molecule has 1 aliphatic heterocycles. The molecule has 7 heteroatoms. The molecule has 2 aromatic rings. The summed E-state index contributed by atoms with van der Waals surface area (Å²) in [6.45, 7) is 0.630. The second-order valence-corrected chi connectivity index (χ2v) is 8.06. The Morgan fingerprint density at radius 3 is 2.43 bits per heavy atom. The maximum absolute atomic E-state index is 12.7. The van der Waals surface area contributed by atoms with E-state index in [1.165, 1.54) is 12.1 Å². The van der Waals surface area contributed by atoms with Crippen LogP contribution in [-0.2, 0) is 9.84 Å². The van der Waals surface area contributed by atoms with Gasteiger partial charge in [0.1, 0.15) is 0 Å². The number of rotatable bonds is 3. The van der Waals surface area contributed by atoms with Crippen molar-refractivity contribution < 1.29 is 13.2 Å². The monoisotopic (exact) mass is 350 g/mol. The molecule has 1 unspecified atom stereocenters. The fraction of sp³-hybridized carbons (Fsp3) is 0.250. The number of hydrogen-bond acceptors (Lipinski definition) is 4. The number of sulfone groups is 1. The summed E-state index contributed by atoms with van der Waals surface area (Å²) in [5.41, 5.74) is 0.518. The van der Waals surface area contributed by atoms with Crippen LogP contribution < -0.4 is 0 Å². The predicted molar refractivity (Wildman–Crippen MR) is 87.2 cm³/mol. The van der Waals surface area contributed by atoms with Crippen molar-refractivity contribution in [3.8, 4) is 0 Å². The lowest BCUT2D eigenvalue weighted by molar-refractivity contribution is 0.0793. The topological polar surface area (TPSA) is 67.3 Å². The first-order valence-electron chi connectivity index (χ1n) is 7.17. The molecule has 0 bridgehead atoms. The highest BCUT2D eigenvalue weighted by atomic mass is 35.5. The lowest BCUT2D eigenvalue weighted by Crippen LogP contribution is -2.31. The minimum absolute atomic E-state index is 0.166. The van der Waals surface area contributed by atoms with E-state index in [0.29, 0.717) is 23.6 Å². The smallest absolute Gasteiger partial charge is 0.254 e. The quantitative estimate of drug-likeness (QED) is 0.852. The van der Waals surface area contributed by atoms with Crippen LogP contribution in [0.25, 0.3) is 0 Å². The van der Waals surface area contributed by atoms with Crippen LogP contribution in [0.4, 0.5) is 0 Å². The van der Waals surface area contributed by atoms with E-state index in [1.54, 1.807) is 41.6 Å². The minimum Gasteiger partial charge on any atom is -0.337 e. The zero-order chi connectivity index (χ0) is 16.4. The summed E-state index contributed by atoms with van der Waals surface area (Å²) >= 11 is 5.80. The highest BCUT2D eigenvalue weighted by molar-refractivity contribution is 7.92. The van der Waals surface area contributed by atoms with E-state index >= 15 is 0 Å². The third-order valence-electron chi connectivity index (χ3n) is 3.94. The molecule has 120 valence electrons. The number of amides is 1. The van der Waals surface area contributed by atoms with Gasteiger partial charge >= 0.3 is 0 Å². The Morgan fingerprint density at radius 2 is 1.78 bits per heavy atom. The van der Waals surface area contributed by atoms with Gasteiger partial charge in [0.2, 0.25) is 0 Å². The molecule has 5 nitrogen and oxygen atoms in total. The molecule has 0 spiro atoms.